The molecule has 0 spiro atoms. The van der Waals surface area contributed by atoms with Crippen molar-refractivity contribution in [1.82, 2.24) is 0 Å². The molecule has 2 aliphatic rings. The van der Waals surface area contributed by atoms with Gasteiger partial charge in [0.25, 0.3) is 0 Å². The molecule has 6 nitrogen and oxygen atoms in total. The Labute approximate surface area is 206 Å². The molecule has 0 aliphatic heterocycles. The molecule has 2 aliphatic carbocycles. The summed E-state index contributed by atoms with van der Waals surface area (Å²) in [6, 6.07) is 0. The van der Waals surface area contributed by atoms with E-state index in [4.69, 9.17) is 4.74 Å². The number of ether oxygens (including phenoxy) is 2. The lowest BCUT2D eigenvalue weighted by molar-refractivity contribution is -0.138. The molecule has 0 radical (unpaired) electrons. The van der Waals surface area contributed by atoms with E-state index < -0.39 is 5.97 Å². The minimum Gasteiger partial charge on any atom is -0.463 e. The third-order valence-corrected chi connectivity index (χ3v) is 5.28. The second-order valence-corrected chi connectivity index (χ2v) is 7.99. The number of carbonyl (C=O) groups excluding carboxylic acids is 4. The molecule has 0 aromatic carbocycles. The third kappa shape index (κ3) is 21.4. The molecular weight excluding hydrogens is 432 g/mol. The Morgan fingerprint density at radius 1 is 0.735 bits per heavy atom. The van der Waals surface area contributed by atoms with Crippen LogP contribution < -0.4 is 0 Å². The predicted octanol–water partition coefficient (Wildman–Crippen LogP) is 6.34. The summed E-state index contributed by atoms with van der Waals surface area (Å²) in [6.45, 7) is 4.34. The highest BCUT2D eigenvalue weighted by atomic mass is 16.5. The van der Waals surface area contributed by atoms with Gasteiger partial charge >= 0.3 is 11.9 Å². The third-order valence-electron chi connectivity index (χ3n) is 5.28. The van der Waals surface area contributed by atoms with Crippen molar-refractivity contribution in [1.29, 1.82) is 0 Å². The van der Waals surface area contributed by atoms with E-state index in [0.29, 0.717) is 25.0 Å². The van der Waals surface area contributed by atoms with Gasteiger partial charge in [-0.1, -0.05) is 70.3 Å². The van der Waals surface area contributed by atoms with Crippen LogP contribution in [0.4, 0.5) is 0 Å². The van der Waals surface area contributed by atoms with E-state index in [0.717, 1.165) is 25.4 Å². The minimum absolute atomic E-state index is 0. The second kappa shape index (κ2) is 25.1. The quantitative estimate of drug-likeness (QED) is 0.166. The van der Waals surface area contributed by atoms with Crippen LogP contribution in [0.15, 0.2) is 36.5 Å². The summed E-state index contributed by atoms with van der Waals surface area (Å²) in [4.78, 5) is 41.3. The summed E-state index contributed by atoms with van der Waals surface area (Å²) in [5.41, 5.74) is 0. The van der Waals surface area contributed by atoms with Crippen LogP contribution in [0.2, 0.25) is 0 Å². The molecule has 0 heterocycles. The van der Waals surface area contributed by atoms with E-state index in [1.165, 1.54) is 69.6 Å². The van der Waals surface area contributed by atoms with E-state index in [2.05, 4.69) is 10.8 Å². The molecule has 0 amide bonds. The van der Waals surface area contributed by atoms with Gasteiger partial charge in [0, 0.05) is 24.5 Å². The summed E-state index contributed by atoms with van der Waals surface area (Å²) < 4.78 is 9.32. The fraction of sp³-hybridized carbons (Fsp3) is 0.643. The first-order valence-electron chi connectivity index (χ1n) is 12.3. The molecule has 0 saturated heterocycles. The lowest BCUT2D eigenvalue weighted by Gasteiger charge is -2.17. The second-order valence-electron chi connectivity index (χ2n) is 7.99. The molecule has 2 saturated carbocycles. The Balaban J connectivity index is 0. The first kappa shape index (κ1) is 33.7. The highest BCUT2D eigenvalue weighted by molar-refractivity contribution is 5.82. The molecule has 2 rings (SSSR count). The molecule has 0 atom stereocenters. The van der Waals surface area contributed by atoms with E-state index in [9.17, 15) is 19.2 Å². The van der Waals surface area contributed by atoms with Crippen LogP contribution in [0.5, 0.6) is 0 Å². The molecule has 0 N–H and O–H groups in total. The number of hydrogen-bond acceptors (Lipinski definition) is 6. The van der Waals surface area contributed by atoms with Crippen molar-refractivity contribution < 1.29 is 28.7 Å². The molecule has 0 aromatic heterocycles. The fourth-order valence-electron chi connectivity index (χ4n) is 3.55. The van der Waals surface area contributed by atoms with Gasteiger partial charge in [-0.3, -0.25) is 0 Å². The van der Waals surface area contributed by atoms with Crippen molar-refractivity contribution in [3.8, 4) is 0 Å². The van der Waals surface area contributed by atoms with Gasteiger partial charge in [0.05, 0.1) is 13.2 Å². The van der Waals surface area contributed by atoms with E-state index >= 15 is 0 Å². The Hall–Kier alpha value is -2.50. The van der Waals surface area contributed by atoms with Crippen LogP contribution in [0.1, 0.15) is 91.9 Å². The molecule has 194 valence electrons. The van der Waals surface area contributed by atoms with Crippen LogP contribution in [0.3, 0.4) is 0 Å². The van der Waals surface area contributed by atoms with Gasteiger partial charge in [-0.25, -0.2) is 9.59 Å². The molecule has 34 heavy (non-hydrogen) atoms. The van der Waals surface area contributed by atoms with Gasteiger partial charge in [-0.05, 0) is 45.4 Å². The summed E-state index contributed by atoms with van der Waals surface area (Å²) >= 11 is 0. The molecule has 0 aromatic rings. The Morgan fingerprint density at radius 3 is 1.68 bits per heavy atom. The Morgan fingerprint density at radius 2 is 1.24 bits per heavy atom. The fourth-order valence-corrected chi connectivity index (χ4v) is 3.55. The number of carbonyl (C=O) groups is 4. The van der Waals surface area contributed by atoms with Gasteiger partial charge in [-0.2, -0.15) is 0 Å². The summed E-state index contributed by atoms with van der Waals surface area (Å²) in [5, 5.41) is 0. The number of hydrogen-bond donors (Lipinski definition) is 0. The zero-order valence-electron chi connectivity index (χ0n) is 20.4. The maximum absolute atomic E-state index is 11.0. The van der Waals surface area contributed by atoms with Crippen LogP contribution in [0, 0.1) is 11.8 Å². The van der Waals surface area contributed by atoms with Crippen molar-refractivity contribution in [2.24, 2.45) is 11.8 Å². The average molecular weight is 479 g/mol. The van der Waals surface area contributed by atoms with Crippen LogP contribution in [0.25, 0.3) is 0 Å². The van der Waals surface area contributed by atoms with Gasteiger partial charge in [0.1, 0.15) is 12.6 Å². The van der Waals surface area contributed by atoms with E-state index in [1.807, 2.05) is 13.0 Å². The number of allylic oxidation sites excluding steroid dienone is 4. The van der Waals surface area contributed by atoms with Crippen molar-refractivity contribution >= 4 is 24.5 Å². The zero-order valence-corrected chi connectivity index (χ0v) is 20.4. The van der Waals surface area contributed by atoms with Gasteiger partial charge in [0.15, 0.2) is 0 Å². The minimum atomic E-state index is -0.399. The van der Waals surface area contributed by atoms with E-state index in [-0.39, 0.29) is 19.8 Å². The maximum Gasteiger partial charge on any atom is 0.330 e. The highest BCUT2D eigenvalue weighted by Gasteiger charge is 2.10. The van der Waals surface area contributed by atoms with Crippen LogP contribution >= 0.6 is 0 Å². The normalized spacial score (nSPS) is 16.5. The lowest BCUT2D eigenvalue weighted by Crippen LogP contribution is -2.06. The number of rotatable bonds is 9. The van der Waals surface area contributed by atoms with Crippen LogP contribution in [-0.2, 0) is 28.7 Å². The standard InChI is InChI=1S/C13H20O2.C7H10O3.C7H12O.CH4/c1-2-15-13(14)11-7-6-10-12-8-4-3-5-9-12;1-2-10-7(9)5-3-4-6-8;8-6-7-4-2-1-3-5-7;/h6-7,10-12H,2-5,8-9H2,1H3;3,5-6H,2,4H2,1H3;6-7H,1-5H2;1H4/b10-6+,11-7+;5-3+;;. The average Bonchev–Trinajstić information content (AvgIpc) is 2.84. The molecule has 6 heteroatoms. The van der Waals surface area contributed by atoms with Crippen LogP contribution in [-0.4, -0.2) is 37.7 Å². The number of aldehydes is 2. The first-order valence-corrected chi connectivity index (χ1v) is 12.3. The molecule has 0 unspecified atom stereocenters. The smallest absolute Gasteiger partial charge is 0.330 e. The highest BCUT2D eigenvalue weighted by Crippen LogP contribution is 2.24. The van der Waals surface area contributed by atoms with Crippen molar-refractivity contribution in [2.75, 3.05) is 13.2 Å². The number of esters is 2. The summed E-state index contributed by atoms with van der Waals surface area (Å²) in [7, 11) is 0. The largest absolute Gasteiger partial charge is 0.463 e. The molecule has 2 fully saturated rings. The van der Waals surface area contributed by atoms with Gasteiger partial charge < -0.3 is 19.1 Å². The molecular formula is C28H46O6. The lowest BCUT2D eigenvalue weighted by atomic mass is 9.89. The first-order chi connectivity index (χ1) is 16.1. The van der Waals surface area contributed by atoms with E-state index in [1.54, 1.807) is 13.0 Å². The predicted molar refractivity (Wildman–Crippen MR) is 137 cm³/mol. The summed E-state index contributed by atoms with van der Waals surface area (Å²) in [6.07, 6.45) is 25.0. The van der Waals surface area contributed by atoms with Gasteiger partial charge in [0.2, 0.25) is 0 Å². The van der Waals surface area contributed by atoms with Crippen molar-refractivity contribution in [3.63, 3.8) is 0 Å². The zero-order chi connectivity index (χ0) is 24.6. The Kier molecular flexibility index (Phi) is 24.9. The summed E-state index contributed by atoms with van der Waals surface area (Å²) in [5.74, 6) is 0.462. The monoisotopic (exact) mass is 478 g/mol. The SMILES string of the molecule is C.CCOC(=O)/C=C/C=C/C1CCCCC1.CCOC(=O)/C=C/CC=O.O=CC1CCCCC1. The molecule has 0 bridgehead atoms. The van der Waals surface area contributed by atoms with Gasteiger partial charge in [-0.15, -0.1) is 0 Å². The Bertz CT molecular complexity index is 608. The van der Waals surface area contributed by atoms with Crippen molar-refractivity contribution in [3.05, 3.63) is 36.5 Å². The van der Waals surface area contributed by atoms with Crippen molar-refractivity contribution in [2.45, 2.75) is 91.9 Å². The maximum atomic E-state index is 11.0. The topological polar surface area (TPSA) is 86.7 Å².